The summed E-state index contributed by atoms with van der Waals surface area (Å²) < 4.78 is 4.67. The zero-order valence-corrected chi connectivity index (χ0v) is 10.9. The van der Waals surface area contributed by atoms with Crippen LogP contribution in [0.5, 0.6) is 0 Å². The Hall–Kier alpha value is -1.27. The van der Waals surface area contributed by atoms with Crippen molar-refractivity contribution in [3.05, 3.63) is 11.5 Å². The molecule has 2 atom stereocenters. The topological polar surface area (TPSA) is 107 Å². The molecule has 1 aliphatic rings. The van der Waals surface area contributed by atoms with Crippen molar-refractivity contribution in [2.24, 2.45) is 11.8 Å². The van der Waals surface area contributed by atoms with Gasteiger partial charge in [0.25, 0.3) is 0 Å². The maximum Gasteiger partial charge on any atom is 0.377 e. The highest BCUT2D eigenvalue weighted by Crippen LogP contribution is 2.35. The Morgan fingerprint density at radius 2 is 1.61 bits per heavy atom. The highest BCUT2D eigenvalue weighted by molar-refractivity contribution is 5.89. The van der Waals surface area contributed by atoms with Crippen molar-refractivity contribution in [3.8, 4) is 0 Å². The predicted molar refractivity (Wildman–Crippen MR) is 62.8 cm³/mol. The van der Waals surface area contributed by atoms with Gasteiger partial charge in [-0.1, -0.05) is 27.7 Å². The van der Waals surface area contributed by atoms with Gasteiger partial charge in [-0.15, -0.1) is 0 Å². The highest BCUT2D eigenvalue weighted by Gasteiger charge is 2.51. The molecule has 0 saturated carbocycles. The minimum absolute atomic E-state index is 0.332. The van der Waals surface area contributed by atoms with Crippen molar-refractivity contribution < 1.29 is 30.0 Å². The zero-order valence-electron chi connectivity index (χ0n) is 10.9. The molecule has 1 rings (SSSR count). The molecule has 0 aromatic carbocycles. The van der Waals surface area contributed by atoms with Crippen LogP contribution >= 0.6 is 0 Å². The number of carbonyl (C=O) groups excluding carboxylic acids is 1. The molecule has 1 aliphatic heterocycles. The standard InChI is InChI=1S/C12H20O6/c1-5(2)12(17,6(3)4)10(15)9-7(13)8(14)11(16)18-9/h5-6,9-10,13-15,17H,1-4H3/t9-,10+/m0/s1. The number of aliphatic hydroxyl groups is 4. The van der Waals surface area contributed by atoms with Gasteiger partial charge in [-0.3, -0.25) is 0 Å². The lowest BCUT2D eigenvalue weighted by molar-refractivity contribution is -0.181. The first kappa shape index (κ1) is 14.8. The maximum atomic E-state index is 11.1. The molecule has 0 aliphatic carbocycles. The quantitative estimate of drug-likeness (QED) is 0.553. The van der Waals surface area contributed by atoms with Gasteiger partial charge in [-0.2, -0.15) is 0 Å². The Balaban J connectivity index is 3.08. The number of ether oxygens (including phenoxy) is 1. The third-order valence-electron chi connectivity index (χ3n) is 3.55. The molecule has 0 bridgehead atoms. The van der Waals surface area contributed by atoms with Gasteiger partial charge >= 0.3 is 5.97 Å². The van der Waals surface area contributed by atoms with E-state index in [2.05, 4.69) is 4.74 Å². The lowest BCUT2D eigenvalue weighted by atomic mass is 9.74. The van der Waals surface area contributed by atoms with Crippen LogP contribution in [0.4, 0.5) is 0 Å². The van der Waals surface area contributed by atoms with Gasteiger partial charge in [0.2, 0.25) is 5.76 Å². The first-order chi connectivity index (χ1) is 8.13. The highest BCUT2D eigenvalue weighted by atomic mass is 16.6. The fourth-order valence-corrected chi connectivity index (χ4v) is 2.27. The molecule has 0 radical (unpaired) electrons. The van der Waals surface area contributed by atoms with Crippen LogP contribution in [-0.4, -0.2) is 44.2 Å². The third kappa shape index (κ3) is 2.06. The largest absolute Gasteiger partial charge is 0.505 e. The number of aliphatic hydroxyl groups excluding tert-OH is 3. The Bertz CT molecular complexity index is 363. The molecule has 0 saturated heterocycles. The van der Waals surface area contributed by atoms with Crippen molar-refractivity contribution in [1.29, 1.82) is 0 Å². The van der Waals surface area contributed by atoms with Gasteiger partial charge < -0.3 is 25.2 Å². The summed E-state index contributed by atoms with van der Waals surface area (Å²) in [4.78, 5) is 11.1. The van der Waals surface area contributed by atoms with Crippen molar-refractivity contribution in [1.82, 2.24) is 0 Å². The first-order valence-corrected chi connectivity index (χ1v) is 5.87. The average molecular weight is 260 g/mol. The fraction of sp³-hybridized carbons (Fsp3) is 0.750. The summed E-state index contributed by atoms with van der Waals surface area (Å²) in [5.41, 5.74) is -1.55. The minimum Gasteiger partial charge on any atom is -0.505 e. The van der Waals surface area contributed by atoms with Crippen molar-refractivity contribution in [2.75, 3.05) is 0 Å². The smallest absolute Gasteiger partial charge is 0.377 e. The van der Waals surface area contributed by atoms with E-state index in [0.717, 1.165) is 0 Å². The number of rotatable bonds is 4. The van der Waals surface area contributed by atoms with E-state index in [9.17, 15) is 25.2 Å². The van der Waals surface area contributed by atoms with Crippen LogP contribution < -0.4 is 0 Å². The van der Waals surface area contributed by atoms with Crippen molar-refractivity contribution in [2.45, 2.75) is 45.5 Å². The monoisotopic (exact) mass is 260 g/mol. The van der Waals surface area contributed by atoms with Crippen LogP contribution in [-0.2, 0) is 9.53 Å². The number of hydrogen-bond donors (Lipinski definition) is 4. The van der Waals surface area contributed by atoms with Gasteiger partial charge in [-0.05, 0) is 11.8 Å². The van der Waals surface area contributed by atoms with E-state index in [1.54, 1.807) is 27.7 Å². The van der Waals surface area contributed by atoms with Crippen LogP contribution in [0.3, 0.4) is 0 Å². The second-order valence-electron chi connectivity index (χ2n) is 5.20. The van der Waals surface area contributed by atoms with Gasteiger partial charge in [0.1, 0.15) is 6.10 Å². The molecule has 0 fully saturated rings. The van der Waals surface area contributed by atoms with Gasteiger partial charge in [0.05, 0.1) is 5.60 Å². The summed E-state index contributed by atoms with van der Waals surface area (Å²) in [5.74, 6) is -3.43. The molecule has 1 heterocycles. The molecule has 18 heavy (non-hydrogen) atoms. The molecule has 0 spiro atoms. The van der Waals surface area contributed by atoms with Gasteiger partial charge in [0.15, 0.2) is 11.9 Å². The van der Waals surface area contributed by atoms with E-state index in [0.29, 0.717) is 0 Å². The number of esters is 1. The number of hydrogen-bond acceptors (Lipinski definition) is 6. The lowest BCUT2D eigenvalue weighted by Gasteiger charge is -2.41. The van der Waals surface area contributed by atoms with Crippen LogP contribution in [0.2, 0.25) is 0 Å². The van der Waals surface area contributed by atoms with Crippen LogP contribution in [0, 0.1) is 11.8 Å². The molecule has 6 heteroatoms. The van der Waals surface area contributed by atoms with E-state index in [-0.39, 0.29) is 11.8 Å². The Labute approximate surface area is 106 Å². The average Bonchev–Trinajstić information content (AvgIpc) is 2.54. The maximum absolute atomic E-state index is 11.1. The zero-order chi connectivity index (χ0) is 14.2. The lowest BCUT2D eigenvalue weighted by Crippen LogP contribution is -2.56. The summed E-state index contributed by atoms with van der Waals surface area (Å²) in [7, 11) is 0. The summed E-state index contributed by atoms with van der Waals surface area (Å²) in [6.45, 7) is 6.84. The summed E-state index contributed by atoms with van der Waals surface area (Å²) in [6, 6.07) is 0. The Kier molecular flexibility index (Phi) is 3.92. The Morgan fingerprint density at radius 1 is 1.17 bits per heavy atom. The number of carbonyl (C=O) groups is 1. The summed E-state index contributed by atoms with van der Waals surface area (Å²) in [5, 5.41) is 39.4. The minimum atomic E-state index is -1.55. The molecule has 0 aromatic heterocycles. The normalized spacial score (nSPS) is 22.9. The number of cyclic esters (lactones) is 1. The summed E-state index contributed by atoms with van der Waals surface area (Å²) >= 11 is 0. The van der Waals surface area contributed by atoms with Crippen LogP contribution in [0.15, 0.2) is 11.5 Å². The Morgan fingerprint density at radius 3 is 1.89 bits per heavy atom. The van der Waals surface area contributed by atoms with Crippen molar-refractivity contribution >= 4 is 5.97 Å². The SMILES string of the molecule is CC(C)C(O)(C(C)C)[C@H](O)[C@H]1OC(=O)C(O)=C1O. The van der Waals surface area contributed by atoms with E-state index in [4.69, 9.17) is 0 Å². The predicted octanol–water partition coefficient (Wildman–Crippen LogP) is 0.643. The first-order valence-electron chi connectivity index (χ1n) is 5.87. The van der Waals surface area contributed by atoms with E-state index in [1.165, 1.54) is 0 Å². The molecule has 0 amide bonds. The molecule has 6 nitrogen and oxygen atoms in total. The van der Waals surface area contributed by atoms with Gasteiger partial charge in [0, 0.05) is 0 Å². The van der Waals surface area contributed by atoms with Gasteiger partial charge in [-0.25, -0.2) is 4.79 Å². The summed E-state index contributed by atoms with van der Waals surface area (Å²) in [6.07, 6.45) is -2.96. The molecule has 4 N–H and O–H groups in total. The molecule has 0 aromatic rings. The molecule has 0 unspecified atom stereocenters. The third-order valence-corrected chi connectivity index (χ3v) is 3.55. The second-order valence-corrected chi connectivity index (χ2v) is 5.20. The van der Waals surface area contributed by atoms with Crippen LogP contribution in [0.25, 0.3) is 0 Å². The molecular weight excluding hydrogens is 240 g/mol. The van der Waals surface area contributed by atoms with Crippen molar-refractivity contribution in [3.63, 3.8) is 0 Å². The molecular formula is C12H20O6. The fourth-order valence-electron chi connectivity index (χ4n) is 2.27. The second kappa shape index (κ2) is 4.78. The van der Waals surface area contributed by atoms with E-state index >= 15 is 0 Å². The molecule has 104 valence electrons. The van der Waals surface area contributed by atoms with E-state index < -0.39 is 35.3 Å². The van der Waals surface area contributed by atoms with Crippen LogP contribution in [0.1, 0.15) is 27.7 Å². The van der Waals surface area contributed by atoms with E-state index in [1.807, 2.05) is 0 Å².